The van der Waals surface area contributed by atoms with Crippen LogP contribution in [-0.4, -0.2) is 16.7 Å². The molecule has 2 rings (SSSR count). The lowest BCUT2D eigenvalue weighted by Gasteiger charge is -1.92. The molecule has 0 aromatic carbocycles. The molecule has 1 N–H and O–H groups in total. The molecule has 0 saturated carbocycles. The van der Waals surface area contributed by atoms with E-state index in [9.17, 15) is 4.79 Å². The number of hydrogen-bond donors (Lipinski definition) is 1. The van der Waals surface area contributed by atoms with E-state index >= 15 is 0 Å². The Hall–Kier alpha value is -1.97. The van der Waals surface area contributed by atoms with Gasteiger partial charge in [-0.05, 0) is 23.8 Å². The van der Waals surface area contributed by atoms with Crippen LogP contribution >= 0.6 is 0 Å². The Morgan fingerprint density at radius 3 is 2.73 bits per heavy atom. The molecule has 0 radical (unpaired) electrons. The average molecular weight is 201 g/mol. The first-order valence-electron chi connectivity index (χ1n) is 4.80. The van der Waals surface area contributed by atoms with Crippen LogP contribution in [0.1, 0.15) is 18.9 Å². The molecule has 0 aliphatic carbocycles. The molecule has 0 atom stereocenters. The van der Waals surface area contributed by atoms with Crippen LogP contribution in [0.4, 0.5) is 0 Å². The second-order valence-electron chi connectivity index (χ2n) is 3.18. The molecular weight excluding hydrogens is 190 g/mol. The van der Waals surface area contributed by atoms with Gasteiger partial charge in [0.05, 0.1) is 0 Å². The second-order valence-corrected chi connectivity index (χ2v) is 3.18. The third kappa shape index (κ3) is 2.10. The number of carbonyl (C=O) groups excluding carboxylic acids is 1. The predicted molar refractivity (Wildman–Crippen MR) is 58.1 cm³/mol. The summed E-state index contributed by atoms with van der Waals surface area (Å²) in [5.41, 5.74) is 1.38. The Balaban J connectivity index is 2.28. The highest BCUT2D eigenvalue weighted by molar-refractivity contribution is 6.14. The fourth-order valence-corrected chi connectivity index (χ4v) is 1.30. The molecule has 1 aromatic heterocycles. The van der Waals surface area contributed by atoms with Crippen LogP contribution in [0.3, 0.4) is 0 Å². The molecule has 76 valence electrons. The van der Waals surface area contributed by atoms with Crippen molar-refractivity contribution >= 4 is 17.8 Å². The highest BCUT2D eigenvalue weighted by Gasteiger charge is 2.17. The summed E-state index contributed by atoms with van der Waals surface area (Å²) < 4.78 is 0. The van der Waals surface area contributed by atoms with Gasteiger partial charge in [-0.2, -0.15) is 0 Å². The second kappa shape index (κ2) is 4.04. The molecule has 4 heteroatoms. The smallest absolute Gasteiger partial charge is 0.275 e. The summed E-state index contributed by atoms with van der Waals surface area (Å²) in [5, 5.41) is 2.70. The van der Waals surface area contributed by atoms with E-state index in [1.165, 1.54) is 0 Å². The lowest BCUT2D eigenvalue weighted by atomic mass is 10.2. The zero-order chi connectivity index (χ0) is 10.7. The summed E-state index contributed by atoms with van der Waals surface area (Å²) in [7, 11) is 0. The van der Waals surface area contributed by atoms with E-state index in [2.05, 4.69) is 15.3 Å². The summed E-state index contributed by atoms with van der Waals surface area (Å²) in [4.78, 5) is 19.5. The molecule has 15 heavy (non-hydrogen) atoms. The molecule has 1 amide bonds. The van der Waals surface area contributed by atoms with Crippen molar-refractivity contribution in [1.29, 1.82) is 0 Å². The van der Waals surface area contributed by atoms with E-state index in [1.807, 2.05) is 19.1 Å². The van der Waals surface area contributed by atoms with Crippen LogP contribution in [0.5, 0.6) is 0 Å². The van der Waals surface area contributed by atoms with E-state index in [0.29, 0.717) is 5.70 Å². The quantitative estimate of drug-likeness (QED) is 0.734. The predicted octanol–water partition coefficient (Wildman–Crippen LogP) is 1.36. The zero-order valence-electron chi connectivity index (χ0n) is 8.40. The maximum Gasteiger partial charge on any atom is 0.275 e. The first-order chi connectivity index (χ1) is 7.29. The third-order valence-electron chi connectivity index (χ3n) is 2.09. The van der Waals surface area contributed by atoms with Gasteiger partial charge in [-0.15, -0.1) is 0 Å². The van der Waals surface area contributed by atoms with Crippen molar-refractivity contribution in [3.05, 3.63) is 35.8 Å². The fraction of sp³-hybridized carbons (Fsp3) is 0.182. The van der Waals surface area contributed by atoms with E-state index in [4.69, 9.17) is 0 Å². The number of carbonyl (C=O) groups is 1. The molecular formula is C11H11N3O. The molecule has 1 aliphatic rings. The minimum Gasteiger partial charge on any atom is -0.309 e. The highest BCUT2D eigenvalue weighted by atomic mass is 16.2. The molecule has 4 nitrogen and oxygen atoms in total. The van der Waals surface area contributed by atoms with Crippen molar-refractivity contribution in [2.75, 3.05) is 0 Å². The van der Waals surface area contributed by atoms with Gasteiger partial charge in [-0.25, -0.2) is 4.99 Å². The molecule has 0 unspecified atom stereocenters. The lowest BCUT2D eigenvalue weighted by Crippen LogP contribution is -2.22. The van der Waals surface area contributed by atoms with Gasteiger partial charge in [0.1, 0.15) is 11.5 Å². The van der Waals surface area contributed by atoms with Gasteiger partial charge in [0.25, 0.3) is 5.91 Å². The molecule has 1 aromatic rings. The van der Waals surface area contributed by atoms with Gasteiger partial charge in [0.2, 0.25) is 0 Å². The monoisotopic (exact) mass is 201 g/mol. The molecule has 0 spiro atoms. The molecule has 2 heterocycles. The number of rotatable bonds is 2. The SMILES string of the molecule is CCC1=N/C(=C/c2ccncc2)C(=O)N1. The largest absolute Gasteiger partial charge is 0.309 e. The van der Waals surface area contributed by atoms with E-state index in [-0.39, 0.29) is 5.91 Å². The normalized spacial score (nSPS) is 17.8. The molecule has 1 aliphatic heterocycles. The average Bonchev–Trinajstić information content (AvgIpc) is 2.61. The van der Waals surface area contributed by atoms with Gasteiger partial charge in [-0.1, -0.05) is 6.92 Å². The number of nitrogens with one attached hydrogen (secondary N) is 1. The summed E-state index contributed by atoms with van der Waals surface area (Å²) in [5.74, 6) is 0.587. The molecule has 0 fully saturated rings. The van der Waals surface area contributed by atoms with Crippen molar-refractivity contribution < 1.29 is 4.79 Å². The topological polar surface area (TPSA) is 54.4 Å². The van der Waals surface area contributed by atoms with Gasteiger partial charge in [0.15, 0.2) is 0 Å². The standard InChI is InChI=1S/C11H11N3O/c1-2-10-13-9(11(15)14-10)7-8-3-5-12-6-4-8/h3-7H,2H2,1H3,(H,13,14,15)/b9-7+. The van der Waals surface area contributed by atoms with Crippen LogP contribution in [0.25, 0.3) is 6.08 Å². The van der Waals surface area contributed by atoms with Crippen LogP contribution in [0.2, 0.25) is 0 Å². The van der Waals surface area contributed by atoms with E-state index < -0.39 is 0 Å². The zero-order valence-corrected chi connectivity index (χ0v) is 8.40. The summed E-state index contributed by atoms with van der Waals surface area (Å²) in [6, 6.07) is 3.67. The number of nitrogens with zero attached hydrogens (tertiary/aromatic N) is 2. The molecule has 0 saturated heterocycles. The highest BCUT2D eigenvalue weighted by Crippen LogP contribution is 2.11. The van der Waals surface area contributed by atoms with Crippen molar-refractivity contribution in [2.45, 2.75) is 13.3 Å². The Morgan fingerprint density at radius 2 is 2.13 bits per heavy atom. The first kappa shape index (κ1) is 9.58. The Kier molecular flexibility index (Phi) is 2.58. The maximum absolute atomic E-state index is 11.4. The van der Waals surface area contributed by atoms with Gasteiger partial charge in [0, 0.05) is 18.8 Å². The first-order valence-corrected chi connectivity index (χ1v) is 4.80. The Morgan fingerprint density at radius 1 is 1.40 bits per heavy atom. The summed E-state index contributed by atoms with van der Waals surface area (Å²) in [6.07, 6.45) is 5.85. The number of amides is 1. The number of hydrogen-bond acceptors (Lipinski definition) is 3. The van der Waals surface area contributed by atoms with Crippen LogP contribution in [0, 0.1) is 0 Å². The van der Waals surface area contributed by atoms with Crippen LogP contribution in [0.15, 0.2) is 35.2 Å². The van der Waals surface area contributed by atoms with E-state index in [0.717, 1.165) is 17.8 Å². The van der Waals surface area contributed by atoms with Crippen molar-refractivity contribution in [3.8, 4) is 0 Å². The maximum atomic E-state index is 11.4. The minimum atomic E-state index is -0.135. The third-order valence-corrected chi connectivity index (χ3v) is 2.09. The number of aliphatic imine (C=N–C) groups is 1. The van der Waals surface area contributed by atoms with Crippen LogP contribution in [-0.2, 0) is 4.79 Å². The Labute approximate surface area is 87.8 Å². The number of aromatic nitrogens is 1. The van der Waals surface area contributed by atoms with Gasteiger partial charge < -0.3 is 5.32 Å². The van der Waals surface area contributed by atoms with Gasteiger partial charge >= 0.3 is 0 Å². The molecule has 0 bridgehead atoms. The minimum absolute atomic E-state index is 0.135. The van der Waals surface area contributed by atoms with Crippen molar-refractivity contribution in [2.24, 2.45) is 4.99 Å². The van der Waals surface area contributed by atoms with Crippen molar-refractivity contribution in [1.82, 2.24) is 10.3 Å². The van der Waals surface area contributed by atoms with Crippen molar-refractivity contribution in [3.63, 3.8) is 0 Å². The Bertz CT molecular complexity index is 434. The number of pyridine rings is 1. The lowest BCUT2D eigenvalue weighted by molar-refractivity contribution is -0.115. The summed E-state index contributed by atoms with van der Waals surface area (Å²) >= 11 is 0. The number of amidine groups is 1. The van der Waals surface area contributed by atoms with Gasteiger partial charge in [-0.3, -0.25) is 9.78 Å². The van der Waals surface area contributed by atoms with E-state index in [1.54, 1.807) is 18.5 Å². The fourth-order valence-electron chi connectivity index (χ4n) is 1.30. The van der Waals surface area contributed by atoms with Crippen LogP contribution < -0.4 is 5.32 Å². The summed E-state index contributed by atoms with van der Waals surface area (Å²) in [6.45, 7) is 1.95.